The summed E-state index contributed by atoms with van der Waals surface area (Å²) < 4.78 is 13.3. The third kappa shape index (κ3) is 3.91. The number of aromatic carboxylic acids is 1. The smallest absolute Gasteiger partial charge is 0.336 e. The molecule has 4 aromatic rings. The summed E-state index contributed by atoms with van der Waals surface area (Å²) in [5.41, 5.74) is 4.19. The van der Waals surface area contributed by atoms with Crippen molar-refractivity contribution in [3.8, 4) is 11.1 Å². The van der Waals surface area contributed by atoms with Gasteiger partial charge in [0.05, 0.1) is 23.0 Å². The van der Waals surface area contributed by atoms with E-state index >= 15 is 0 Å². The topological polar surface area (TPSA) is 66.3 Å². The SMILES string of the molecule is O=C(O)c1cc2cc(N3CCC(c4ccccn4)CC3)cnc2cc1-c1ccc(F)cc1. The minimum Gasteiger partial charge on any atom is -0.478 e. The first kappa shape index (κ1) is 20.1. The number of rotatable bonds is 4. The number of hydrogen-bond donors (Lipinski definition) is 1. The average molecular weight is 427 g/mol. The second-order valence-corrected chi connectivity index (χ2v) is 8.11. The lowest BCUT2D eigenvalue weighted by molar-refractivity contribution is 0.0698. The van der Waals surface area contributed by atoms with Crippen LogP contribution in [0.4, 0.5) is 10.1 Å². The van der Waals surface area contributed by atoms with Gasteiger partial charge in [0.25, 0.3) is 0 Å². The van der Waals surface area contributed by atoms with Gasteiger partial charge in [-0.15, -0.1) is 0 Å². The van der Waals surface area contributed by atoms with Crippen LogP contribution in [0.3, 0.4) is 0 Å². The third-order valence-corrected chi connectivity index (χ3v) is 6.16. The number of nitrogens with zero attached hydrogens (tertiary/aromatic N) is 3. The van der Waals surface area contributed by atoms with Gasteiger partial charge >= 0.3 is 5.97 Å². The van der Waals surface area contributed by atoms with Crippen LogP contribution in [-0.2, 0) is 0 Å². The Morgan fingerprint density at radius 2 is 1.78 bits per heavy atom. The van der Waals surface area contributed by atoms with Gasteiger partial charge in [0.15, 0.2) is 0 Å². The maximum atomic E-state index is 13.3. The quantitative estimate of drug-likeness (QED) is 0.465. The Kier molecular flexibility index (Phi) is 5.27. The first-order chi connectivity index (χ1) is 15.6. The van der Waals surface area contributed by atoms with Crippen molar-refractivity contribution in [1.82, 2.24) is 9.97 Å². The number of pyridine rings is 2. The molecule has 5 rings (SSSR count). The van der Waals surface area contributed by atoms with E-state index < -0.39 is 5.97 Å². The Hall–Kier alpha value is -3.80. The highest BCUT2D eigenvalue weighted by molar-refractivity contribution is 6.01. The van der Waals surface area contributed by atoms with Crippen molar-refractivity contribution in [3.05, 3.63) is 90.1 Å². The molecule has 0 aliphatic carbocycles. The molecule has 1 saturated heterocycles. The molecule has 1 fully saturated rings. The zero-order valence-corrected chi connectivity index (χ0v) is 17.4. The van der Waals surface area contributed by atoms with Crippen molar-refractivity contribution >= 4 is 22.6 Å². The van der Waals surface area contributed by atoms with Crippen LogP contribution in [-0.4, -0.2) is 34.1 Å². The molecule has 6 heteroatoms. The summed E-state index contributed by atoms with van der Waals surface area (Å²) in [7, 11) is 0. The predicted octanol–water partition coefficient (Wildman–Crippen LogP) is 5.52. The summed E-state index contributed by atoms with van der Waals surface area (Å²) in [6.45, 7) is 1.79. The number of benzene rings is 2. The summed E-state index contributed by atoms with van der Waals surface area (Å²) >= 11 is 0. The maximum Gasteiger partial charge on any atom is 0.336 e. The van der Waals surface area contributed by atoms with Crippen LogP contribution >= 0.6 is 0 Å². The molecule has 0 spiro atoms. The van der Waals surface area contributed by atoms with Gasteiger partial charge in [-0.05, 0) is 66.4 Å². The van der Waals surface area contributed by atoms with Gasteiger partial charge in [-0.1, -0.05) is 18.2 Å². The molecule has 1 aliphatic rings. The van der Waals surface area contributed by atoms with E-state index in [9.17, 15) is 14.3 Å². The number of carbonyl (C=O) groups is 1. The molecular formula is C26H22FN3O2. The van der Waals surface area contributed by atoms with E-state index in [1.54, 1.807) is 24.3 Å². The van der Waals surface area contributed by atoms with Crippen molar-refractivity contribution < 1.29 is 14.3 Å². The number of fused-ring (bicyclic) bond motifs is 1. The number of anilines is 1. The molecule has 5 nitrogen and oxygen atoms in total. The van der Waals surface area contributed by atoms with Crippen LogP contribution in [0, 0.1) is 5.82 Å². The van der Waals surface area contributed by atoms with Gasteiger partial charge in [0.2, 0.25) is 0 Å². The molecule has 0 unspecified atom stereocenters. The van der Waals surface area contributed by atoms with E-state index in [2.05, 4.69) is 20.9 Å². The highest BCUT2D eigenvalue weighted by Crippen LogP contribution is 2.33. The molecule has 0 atom stereocenters. The van der Waals surface area contributed by atoms with E-state index in [0.717, 1.165) is 42.7 Å². The average Bonchev–Trinajstić information content (AvgIpc) is 2.84. The lowest BCUT2D eigenvalue weighted by atomic mass is 9.92. The van der Waals surface area contributed by atoms with Gasteiger partial charge in [-0.25, -0.2) is 9.18 Å². The Morgan fingerprint density at radius 3 is 2.47 bits per heavy atom. The van der Waals surface area contributed by atoms with Gasteiger partial charge < -0.3 is 10.0 Å². The fraction of sp³-hybridized carbons (Fsp3) is 0.192. The first-order valence-electron chi connectivity index (χ1n) is 10.7. The fourth-order valence-electron chi connectivity index (χ4n) is 4.43. The van der Waals surface area contributed by atoms with E-state index in [1.807, 2.05) is 30.6 Å². The van der Waals surface area contributed by atoms with Gasteiger partial charge in [-0.3, -0.25) is 9.97 Å². The van der Waals surface area contributed by atoms with Gasteiger partial charge in [0, 0.05) is 36.3 Å². The van der Waals surface area contributed by atoms with Crippen LogP contribution in [0.2, 0.25) is 0 Å². The van der Waals surface area contributed by atoms with E-state index in [0.29, 0.717) is 22.6 Å². The molecule has 160 valence electrons. The second-order valence-electron chi connectivity index (χ2n) is 8.11. The zero-order chi connectivity index (χ0) is 22.1. The predicted molar refractivity (Wildman–Crippen MR) is 123 cm³/mol. The summed E-state index contributed by atoms with van der Waals surface area (Å²) in [6.07, 6.45) is 5.71. The molecule has 32 heavy (non-hydrogen) atoms. The highest BCUT2D eigenvalue weighted by atomic mass is 19.1. The second kappa shape index (κ2) is 8.38. The van der Waals surface area contributed by atoms with Crippen molar-refractivity contribution in [2.24, 2.45) is 0 Å². The molecule has 1 aliphatic heterocycles. The summed E-state index contributed by atoms with van der Waals surface area (Å²) in [5.74, 6) is -0.924. The Labute approximate surface area is 185 Å². The van der Waals surface area contributed by atoms with Gasteiger partial charge in [-0.2, -0.15) is 0 Å². The first-order valence-corrected chi connectivity index (χ1v) is 10.7. The Bertz CT molecular complexity index is 1270. The Morgan fingerprint density at radius 1 is 1.00 bits per heavy atom. The maximum absolute atomic E-state index is 13.3. The molecule has 0 radical (unpaired) electrons. The van der Waals surface area contributed by atoms with Crippen molar-refractivity contribution in [1.29, 1.82) is 0 Å². The zero-order valence-electron chi connectivity index (χ0n) is 17.4. The number of piperidine rings is 1. The standard InChI is InChI=1S/C26H22FN3O2/c27-20-6-4-17(5-7-20)22-15-25-19(14-23(22)26(31)32)13-21(16-29-25)30-11-8-18(9-12-30)24-3-1-2-10-28-24/h1-7,10,13-16,18H,8-9,11-12H2,(H,31,32). The van der Waals surface area contributed by atoms with Crippen LogP contribution in [0.5, 0.6) is 0 Å². The van der Waals surface area contributed by atoms with Crippen molar-refractivity contribution in [3.63, 3.8) is 0 Å². The van der Waals surface area contributed by atoms with Crippen molar-refractivity contribution in [2.45, 2.75) is 18.8 Å². The lowest BCUT2D eigenvalue weighted by Gasteiger charge is -2.33. The minimum atomic E-state index is -1.02. The molecule has 0 saturated carbocycles. The number of hydrogen-bond acceptors (Lipinski definition) is 4. The number of halogens is 1. The number of aromatic nitrogens is 2. The summed E-state index contributed by atoms with van der Waals surface area (Å²) in [6, 6.07) is 17.3. The molecule has 0 amide bonds. The molecule has 2 aromatic carbocycles. The molecule has 2 aromatic heterocycles. The molecular weight excluding hydrogens is 405 g/mol. The van der Waals surface area contributed by atoms with E-state index in [4.69, 9.17) is 0 Å². The van der Waals surface area contributed by atoms with Crippen LogP contribution in [0.1, 0.15) is 34.8 Å². The van der Waals surface area contributed by atoms with E-state index in [-0.39, 0.29) is 11.4 Å². The normalized spacial score (nSPS) is 14.6. The van der Waals surface area contributed by atoms with Crippen molar-refractivity contribution in [2.75, 3.05) is 18.0 Å². The minimum absolute atomic E-state index is 0.178. The highest BCUT2D eigenvalue weighted by Gasteiger charge is 2.22. The summed E-state index contributed by atoms with van der Waals surface area (Å²) in [4.78, 5) is 23.4. The monoisotopic (exact) mass is 427 g/mol. The van der Waals surface area contributed by atoms with Crippen LogP contribution in [0.15, 0.2) is 73.1 Å². The molecule has 1 N–H and O–H groups in total. The fourth-order valence-corrected chi connectivity index (χ4v) is 4.43. The molecule has 3 heterocycles. The van der Waals surface area contributed by atoms with Crippen LogP contribution < -0.4 is 4.90 Å². The third-order valence-electron chi connectivity index (χ3n) is 6.16. The molecule has 0 bridgehead atoms. The lowest BCUT2D eigenvalue weighted by Crippen LogP contribution is -2.33. The van der Waals surface area contributed by atoms with Gasteiger partial charge in [0.1, 0.15) is 5.82 Å². The largest absolute Gasteiger partial charge is 0.478 e. The summed E-state index contributed by atoms with van der Waals surface area (Å²) in [5, 5.41) is 10.6. The number of carboxylic acids is 1. The number of carboxylic acid groups (broad SMARTS) is 1. The Balaban J connectivity index is 1.43. The van der Waals surface area contributed by atoms with Crippen LogP contribution in [0.25, 0.3) is 22.0 Å². The van der Waals surface area contributed by atoms with E-state index in [1.165, 1.54) is 12.1 Å².